The van der Waals surface area contributed by atoms with Crippen molar-refractivity contribution in [1.29, 1.82) is 0 Å². The van der Waals surface area contributed by atoms with E-state index in [1.807, 2.05) is 0 Å². The molecule has 0 unspecified atom stereocenters. The second-order valence-corrected chi connectivity index (χ2v) is 0.781. The maximum absolute atomic E-state index is 10.4. The molecule has 0 aliphatic rings. The normalized spacial score (nSPS) is 10.0. The molecule has 0 spiro atoms. The zero-order valence-electron chi connectivity index (χ0n) is 5.34. The minimum Gasteiger partial charge on any atom is -1.00 e. The fourth-order valence-corrected chi connectivity index (χ4v) is 0. The smallest absolute Gasteiger partial charge is 1.00 e. The Balaban J connectivity index is -0.0000000267. The Hall–Kier alpha value is 1.05. The third-order valence-corrected chi connectivity index (χ3v) is 0. The molecule has 0 radical (unpaired) electrons. The van der Waals surface area contributed by atoms with E-state index >= 15 is 0 Å². The number of hydrogen-bond donors (Lipinski definition) is 0. The molecule has 0 saturated heterocycles. The summed E-state index contributed by atoms with van der Waals surface area (Å²) in [5, 5.41) is 0. The summed E-state index contributed by atoms with van der Waals surface area (Å²) in [5.74, 6) is 0. The Morgan fingerprint density at radius 2 is 1.33 bits per heavy atom. The van der Waals surface area contributed by atoms with Gasteiger partial charge in [-0.3, -0.25) is 0 Å². The van der Waals surface area contributed by atoms with Crippen LogP contribution in [0.15, 0.2) is 0 Å². The van der Waals surface area contributed by atoms with Crippen LogP contribution >= 0.6 is 0 Å². The third-order valence-electron chi connectivity index (χ3n) is 0. The van der Waals surface area contributed by atoms with Crippen molar-refractivity contribution < 1.29 is 16.0 Å². The van der Waals surface area contributed by atoms with Gasteiger partial charge in [-0.2, -0.15) is 13.2 Å². The van der Waals surface area contributed by atoms with Gasteiger partial charge in [-0.15, -0.1) is 0 Å². The molecule has 0 fully saturated rings. The predicted octanol–water partition coefficient (Wildman–Crippen LogP) is 1.41. The molecule has 0 aromatic heterocycles. The summed E-state index contributed by atoms with van der Waals surface area (Å²) >= 11 is 0. The van der Waals surface area contributed by atoms with Crippen LogP contribution in [0.4, 0.5) is 13.2 Å². The van der Waals surface area contributed by atoms with E-state index in [-0.39, 0.29) is 47.5 Å². The van der Waals surface area contributed by atoms with Gasteiger partial charge in [-0.25, -0.2) is 0 Å². The van der Waals surface area contributed by atoms with Crippen molar-refractivity contribution >= 4 is 37.7 Å². The van der Waals surface area contributed by atoms with E-state index in [1.54, 1.807) is 0 Å². The van der Waals surface area contributed by atoms with Gasteiger partial charge in [-0.1, -0.05) is 0 Å². The van der Waals surface area contributed by atoms with Gasteiger partial charge >= 0.3 is 43.9 Å². The van der Waals surface area contributed by atoms with E-state index in [9.17, 15) is 13.2 Å². The summed E-state index contributed by atoms with van der Waals surface area (Å²) < 4.78 is 31.1. The molecule has 4 heteroatoms. The van der Waals surface area contributed by atoms with Gasteiger partial charge in [0.15, 0.2) is 0 Å². The molecular formula is C2H5CaF3. The van der Waals surface area contributed by atoms with E-state index in [1.165, 1.54) is 0 Å². The van der Waals surface area contributed by atoms with Gasteiger partial charge in [0.05, 0.1) is 0 Å². The van der Waals surface area contributed by atoms with Crippen LogP contribution in [0.1, 0.15) is 9.78 Å². The maximum atomic E-state index is 10.4. The minimum absolute atomic E-state index is 0. The van der Waals surface area contributed by atoms with Crippen LogP contribution < -0.4 is 0 Å². The predicted molar refractivity (Wildman–Crippen MR) is 19.7 cm³/mol. The van der Waals surface area contributed by atoms with E-state index in [0.717, 1.165) is 0 Å². The molecular weight excluding hydrogens is 121 g/mol. The molecule has 6 heavy (non-hydrogen) atoms. The Morgan fingerprint density at radius 1 is 1.33 bits per heavy atom. The summed E-state index contributed by atoms with van der Waals surface area (Å²) in [6.07, 6.45) is -4.00. The van der Waals surface area contributed by atoms with Crippen LogP contribution in [0.25, 0.3) is 0 Å². The Labute approximate surface area is 66.7 Å². The first-order chi connectivity index (χ1) is 2.00. The third kappa shape index (κ3) is 75.2. The molecule has 0 nitrogen and oxygen atoms in total. The largest absolute Gasteiger partial charge is 2.00 e. The fraction of sp³-hybridized carbons (Fsp3) is 1.00. The summed E-state index contributed by atoms with van der Waals surface area (Å²) in [4.78, 5) is 0. The van der Waals surface area contributed by atoms with Crippen LogP contribution in [0, 0.1) is 0 Å². The number of halogens is 3. The van der Waals surface area contributed by atoms with E-state index in [4.69, 9.17) is 0 Å². The maximum Gasteiger partial charge on any atom is 2.00 e. The van der Waals surface area contributed by atoms with E-state index in [0.29, 0.717) is 0 Å². The minimum atomic E-state index is -4.00. The molecule has 0 atom stereocenters. The van der Waals surface area contributed by atoms with Crippen LogP contribution in [0.2, 0.25) is 0 Å². The van der Waals surface area contributed by atoms with E-state index in [2.05, 4.69) is 0 Å². The van der Waals surface area contributed by atoms with Gasteiger partial charge in [0, 0.05) is 6.92 Å². The van der Waals surface area contributed by atoms with Crippen molar-refractivity contribution in [3.05, 3.63) is 0 Å². The average molecular weight is 126 g/mol. The molecule has 36 valence electrons. The summed E-state index contributed by atoms with van der Waals surface area (Å²) in [6.45, 7) is 0.188. The molecule has 0 rings (SSSR count). The zero-order valence-corrected chi connectivity index (χ0v) is 5.55. The summed E-state index contributed by atoms with van der Waals surface area (Å²) in [6, 6.07) is 0. The Morgan fingerprint density at radius 3 is 1.33 bits per heavy atom. The van der Waals surface area contributed by atoms with Gasteiger partial charge < -0.3 is 2.85 Å². The van der Waals surface area contributed by atoms with Gasteiger partial charge in [-0.05, 0) is 0 Å². The zero-order chi connectivity index (χ0) is 4.50. The first-order valence-electron chi connectivity index (χ1n) is 1.07. The molecule has 0 amide bonds. The van der Waals surface area contributed by atoms with Crippen molar-refractivity contribution in [1.82, 2.24) is 0 Å². The second kappa shape index (κ2) is 3.10. The van der Waals surface area contributed by atoms with E-state index < -0.39 is 6.18 Å². The Bertz CT molecular complexity index is 30.8. The molecule has 0 saturated carbocycles. The number of alkyl halides is 3. The molecule has 0 aliphatic heterocycles. The molecule has 0 bridgehead atoms. The van der Waals surface area contributed by atoms with Gasteiger partial charge in [0.25, 0.3) is 0 Å². The molecule has 0 heterocycles. The average Bonchev–Trinajstić information content (AvgIpc) is 0.722. The van der Waals surface area contributed by atoms with Gasteiger partial charge in [0.2, 0.25) is 0 Å². The summed E-state index contributed by atoms with van der Waals surface area (Å²) in [5.41, 5.74) is 0. The monoisotopic (exact) mass is 126 g/mol. The first kappa shape index (κ1) is 10.1. The van der Waals surface area contributed by atoms with Crippen LogP contribution in [-0.2, 0) is 0 Å². The topological polar surface area (TPSA) is 0 Å². The summed E-state index contributed by atoms with van der Waals surface area (Å²) in [7, 11) is 0. The van der Waals surface area contributed by atoms with Crippen LogP contribution in [-0.4, -0.2) is 43.9 Å². The van der Waals surface area contributed by atoms with Crippen LogP contribution in [0.3, 0.4) is 0 Å². The van der Waals surface area contributed by atoms with Gasteiger partial charge in [0.1, 0.15) is 0 Å². The quantitative estimate of drug-likeness (QED) is 0.430. The first-order valence-corrected chi connectivity index (χ1v) is 1.07. The van der Waals surface area contributed by atoms with Crippen LogP contribution in [0.5, 0.6) is 0 Å². The number of hydrogen-bond acceptors (Lipinski definition) is 0. The standard InChI is InChI=1S/C2H3F3.Ca.2H/c1-2(3,4)5;;;/h1H3;;;/q;+2;2*-1. The van der Waals surface area contributed by atoms with Crippen molar-refractivity contribution in [2.45, 2.75) is 13.1 Å². The molecule has 0 aromatic rings. The Kier molecular flexibility index (Phi) is 5.23. The second-order valence-electron chi connectivity index (χ2n) is 0.781. The van der Waals surface area contributed by atoms with Crippen molar-refractivity contribution in [3.63, 3.8) is 0 Å². The van der Waals surface area contributed by atoms with Crippen molar-refractivity contribution in [3.8, 4) is 0 Å². The van der Waals surface area contributed by atoms with Crippen molar-refractivity contribution in [2.75, 3.05) is 0 Å². The fourth-order valence-electron chi connectivity index (χ4n) is 0. The number of rotatable bonds is 0. The SMILES string of the molecule is CC(F)(F)F.[Ca+2].[H-].[H-]. The molecule has 0 aliphatic carbocycles. The molecule has 0 N–H and O–H groups in total. The van der Waals surface area contributed by atoms with Crippen molar-refractivity contribution in [2.24, 2.45) is 0 Å². The molecule has 0 aromatic carbocycles.